The summed E-state index contributed by atoms with van der Waals surface area (Å²) in [5.74, 6) is 1.02. The number of fused-ring (bicyclic) bond motifs is 1. The molecule has 0 radical (unpaired) electrons. The molecule has 1 aromatic carbocycles. The Bertz CT molecular complexity index is 432. The number of nitrogens with one attached hydrogen (secondary N) is 1. The van der Waals surface area contributed by atoms with Crippen LogP contribution in [0.1, 0.15) is 24.5 Å². The summed E-state index contributed by atoms with van der Waals surface area (Å²) < 4.78 is 6.19. The van der Waals surface area contributed by atoms with Crippen molar-refractivity contribution in [2.24, 2.45) is 0 Å². The van der Waals surface area contributed by atoms with Crippen LogP contribution in [0.25, 0.3) is 0 Å². The molecule has 1 atom stereocenters. The van der Waals surface area contributed by atoms with Crippen molar-refractivity contribution >= 4 is 0 Å². The molecular weight excluding hydrogens is 212 g/mol. The average molecular weight is 232 g/mol. The van der Waals surface area contributed by atoms with Crippen LogP contribution in [0.2, 0.25) is 0 Å². The van der Waals surface area contributed by atoms with E-state index in [0.29, 0.717) is 0 Å². The van der Waals surface area contributed by atoms with Crippen LogP contribution < -0.4 is 10.1 Å². The summed E-state index contributed by atoms with van der Waals surface area (Å²) in [5.41, 5.74) is 2.78. The fraction of sp³-hybridized carbons (Fsp3) is 0.571. The summed E-state index contributed by atoms with van der Waals surface area (Å²) in [5, 5.41) is 3.36. The molecule has 1 fully saturated rings. The second-order valence-corrected chi connectivity index (χ2v) is 5.57. The summed E-state index contributed by atoms with van der Waals surface area (Å²) in [7, 11) is 2.15. The second kappa shape index (κ2) is 4.00. The van der Waals surface area contributed by atoms with Gasteiger partial charge >= 0.3 is 0 Å². The van der Waals surface area contributed by atoms with Gasteiger partial charge in [0.25, 0.3) is 0 Å². The van der Waals surface area contributed by atoms with E-state index >= 15 is 0 Å². The molecule has 17 heavy (non-hydrogen) atoms. The number of likely N-dealkylation sites (tertiary alicyclic amines) is 1. The number of hydrogen-bond donors (Lipinski definition) is 1. The number of nitrogens with zero attached hydrogens (tertiary/aromatic N) is 1. The Morgan fingerprint density at radius 2 is 2.12 bits per heavy atom. The van der Waals surface area contributed by atoms with E-state index < -0.39 is 0 Å². The van der Waals surface area contributed by atoms with E-state index in [1.807, 2.05) is 0 Å². The van der Waals surface area contributed by atoms with Crippen LogP contribution in [0.4, 0.5) is 0 Å². The van der Waals surface area contributed by atoms with Gasteiger partial charge in [0.2, 0.25) is 0 Å². The van der Waals surface area contributed by atoms with Crippen molar-refractivity contribution in [3.8, 4) is 5.75 Å². The lowest BCUT2D eigenvalue weighted by Gasteiger charge is -2.26. The Morgan fingerprint density at radius 3 is 2.88 bits per heavy atom. The Hall–Kier alpha value is -1.06. The first-order valence-electron chi connectivity index (χ1n) is 6.35. The molecule has 1 N–H and O–H groups in total. The van der Waals surface area contributed by atoms with Crippen LogP contribution in [-0.4, -0.2) is 30.6 Å². The third-order valence-electron chi connectivity index (χ3n) is 3.80. The van der Waals surface area contributed by atoms with Gasteiger partial charge in [-0.15, -0.1) is 0 Å². The summed E-state index contributed by atoms with van der Waals surface area (Å²) in [4.78, 5) is 2.33. The van der Waals surface area contributed by atoms with E-state index in [2.05, 4.69) is 42.4 Å². The van der Waals surface area contributed by atoms with Gasteiger partial charge in [-0.3, -0.25) is 0 Å². The lowest BCUT2D eigenvalue weighted by atomic mass is 10.1. The van der Waals surface area contributed by atoms with Gasteiger partial charge in [0.1, 0.15) is 11.4 Å². The lowest BCUT2D eigenvalue weighted by Crippen LogP contribution is -2.35. The van der Waals surface area contributed by atoms with Crippen LogP contribution in [0, 0.1) is 0 Å². The molecule has 0 spiro atoms. The number of likely N-dealkylation sites (N-methyl/N-ethyl adjacent to an activating group) is 1. The first-order valence-corrected chi connectivity index (χ1v) is 6.35. The highest BCUT2D eigenvalue weighted by Gasteiger charge is 2.34. The van der Waals surface area contributed by atoms with Gasteiger partial charge in [0, 0.05) is 32.6 Å². The molecule has 0 amide bonds. The van der Waals surface area contributed by atoms with Gasteiger partial charge in [-0.25, -0.2) is 0 Å². The number of ether oxygens (including phenoxy) is 1. The Kier molecular flexibility index (Phi) is 2.60. The van der Waals surface area contributed by atoms with Crippen LogP contribution in [0.15, 0.2) is 18.2 Å². The molecule has 0 saturated carbocycles. The monoisotopic (exact) mass is 232 g/mol. The number of hydrogen-bond acceptors (Lipinski definition) is 3. The summed E-state index contributed by atoms with van der Waals surface area (Å²) in [6, 6.07) is 6.49. The molecule has 2 heterocycles. The molecule has 1 saturated heterocycles. The third kappa shape index (κ3) is 2.17. The van der Waals surface area contributed by atoms with Gasteiger partial charge in [-0.2, -0.15) is 0 Å². The zero-order chi connectivity index (χ0) is 11.9. The minimum atomic E-state index is -0.0188. The first kappa shape index (κ1) is 11.1. The predicted octanol–water partition coefficient (Wildman–Crippen LogP) is 1.76. The van der Waals surface area contributed by atoms with E-state index in [1.165, 1.54) is 11.1 Å². The molecule has 2 aliphatic heterocycles. The van der Waals surface area contributed by atoms with Crippen LogP contribution >= 0.6 is 0 Å². The molecule has 1 aromatic rings. The van der Waals surface area contributed by atoms with Crippen molar-refractivity contribution in [3.05, 3.63) is 29.3 Å². The molecule has 3 rings (SSSR count). The zero-order valence-electron chi connectivity index (χ0n) is 10.6. The maximum atomic E-state index is 6.19. The average Bonchev–Trinajstić information content (AvgIpc) is 2.85. The highest BCUT2D eigenvalue weighted by atomic mass is 16.5. The van der Waals surface area contributed by atoms with Crippen molar-refractivity contribution in [2.75, 3.05) is 20.1 Å². The van der Waals surface area contributed by atoms with Gasteiger partial charge < -0.3 is 15.0 Å². The van der Waals surface area contributed by atoms with Crippen molar-refractivity contribution in [1.29, 1.82) is 0 Å². The fourth-order valence-electron chi connectivity index (χ4n) is 2.86. The molecule has 0 aromatic heterocycles. The van der Waals surface area contributed by atoms with Crippen molar-refractivity contribution in [1.82, 2.24) is 10.2 Å². The van der Waals surface area contributed by atoms with Gasteiger partial charge in [-0.1, -0.05) is 6.07 Å². The summed E-state index contributed by atoms with van der Waals surface area (Å²) in [6.45, 7) is 6.33. The maximum Gasteiger partial charge on any atom is 0.120 e. The summed E-state index contributed by atoms with van der Waals surface area (Å²) in [6.07, 6.45) is 1.11. The lowest BCUT2D eigenvalue weighted by molar-refractivity contribution is 0.0997. The molecule has 92 valence electrons. The van der Waals surface area contributed by atoms with E-state index in [0.717, 1.165) is 38.3 Å². The normalized spacial score (nSPS) is 28.4. The van der Waals surface area contributed by atoms with E-state index in [9.17, 15) is 0 Å². The van der Waals surface area contributed by atoms with Crippen LogP contribution in [0.3, 0.4) is 0 Å². The number of benzene rings is 1. The van der Waals surface area contributed by atoms with E-state index in [4.69, 9.17) is 4.74 Å². The highest BCUT2D eigenvalue weighted by molar-refractivity contribution is 5.38. The van der Waals surface area contributed by atoms with Gasteiger partial charge in [0.15, 0.2) is 0 Å². The van der Waals surface area contributed by atoms with Crippen LogP contribution in [-0.2, 0) is 13.1 Å². The third-order valence-corrected chi connectivity index (χ3v) is 3.80. The Morgan fingerprint density at radius 1 is 1.29 bits per heavy atom. The van der Waals surface area contributed by atoms with Crippen molar-refractivity contribution in [3.63, 3.8) is 0 Å². The molecule has 1 unspecified atom stereocenters. The second-order valence-electron chi connectivity index (χ2n) is 5.57. The topological polar surface area (TPSA) is 24.5 Å². The highest BCUT2D eigenvalue weighted by Crippen LogP contribution is 2.29. The molecule has 3 nitrogen and oxygen atoms in total. The predicted molar refractivity (Wildman–Crippen MR) is 68.1 cm³/mol. The van der Waals surface area contributed by atoms with Crippen LogP contribution in [0.5, 0.6) is 5.75 Å². The SMILES string of the molecule is CN1CCC(C)(Oc2ccc3c(c2)CNC3)C1. The Balaban J connectivity index is 1.77. The molecule has 0 bridgehead atoms. The molecular formula is C14H20N2O. The fourth-order valence-corrected chi connectivity index (χ4v) is 2.86. The first-order chi connectivity index (χ1) is 8.15. The number of rotatable bonds is 2. The molecule has 3 heteroatoms. The van der Waals surface area contributed by atoms with E-state index in [-0.39, 0.29) is 5.60 Å². The zero-order valence-corrected chi connectivity index (χ0v) is 10.6. The van der Waals surface area contributed by atoms with E-state index in [1.54, 1.807) is 0 Å². The summed E-state index contributed by atoms with van der Waals surface area (Å²) >= 11 is 0. The van der Waals surface area contributed by atoms with Crippen molar-refractivity contribution in [2.45, 2.75) is 32.0 Å². The van der Waals surface area contributed by atoms with Crippen molar-refractivity contribution < 1.29 is 4.74 Å². The Labute approximate surface area is 103 Å². The maximum absolute atomic E-state index is 6.19. The minimum Gasteiger partial charge on any atom is -0.486 e. The van der Waals surface area contributed by atoms with Gasteiger partial charge in [-0.05, 0) is 37.2 Å². The smallest absolute Gasteiger partial charge is 0.120 e. The minimum absolute atomic E-state index is 0.0188. The molecule has 0 aliphatic carbocycles. The quantitative estimate of drug-likeness (QED) is 0.841. The van der Waals surface area contributed by atoms with Gasteiger partial charge in [0.05, 0.1) is 0 Å². The molecule has 2 aliphatic rings. The largest absolute Gasteiger partial charge is 0.486 e. The standard InChI is InChI=1S/C14H20N2O/c1-14(5-6-16(2)10-14)17-13-4-3-11-8-15-9-12(11)7-13/h3-4,7,15H,5-6,8-10H2,1-2H3.